The molecule has 5 nitrogen and oxygen atoms in total. The van der Waals surface area contributed by atoms with Crippen molar-refractivity contribution in [2.75, 3.05) is 31.6 Å². The molecule has 1 unspecified atom stereocenters. The second kappa shape index (κ2) is 6.23. The van der Waals surface area contributed by atoms with Crippen LogP contribution in [0.15, 0.2) is 0 Å². The summed E-state index contributed by atoms with van der Waals surface area (Å²) >= 11 is 0. The van der Waals surface area contributed by atoms with Gasteiger partial charge >= 0.3 is 6.03 Å². The van der Waals surface area contributed by atoms with Crippen molar-refractivity contribution in [3.63, 3.8) is 0 Å². The average molecular weight is 262 g/mol. The minimum atomic E-state index is -2.84. The van der Waals surface area contributed by atoms with Gasteiger partial charge in [0.25, 0.3) is 0 Å². The van der Waals surface area contributed by atoms with Gasteiger partial charge in [-0.25, -0.2) is 13.2 Å². The van der Waals surface area contributed by atoms with Gasteiger partial charge in [-0.1, -0.05) is 13.3 Å². The van der Waals surface area contributed by atoms with E-state index in [1.807, 2.05) is 0 Å². The first kappa shape index (κ1) is 14.3. The number of nitrogens with one attached hydrogen (secondary N) is 1. The maximum atomic E-state index is 11.6. The Hall–Kier alpha value is -0.780. The summed E-state index contributed by atoms with van der Waals surface area (Å²) < 4.78 is 22.5. The summed E-state index contributed by atoms with van der Waals surface area (Å²) in [6.07, 6.45) is 2.71. The van der Waals surface area contributed by atoms with E-state index in [0.29, 0.717) is 13.0 Å². The Kier molecular flexibility index (Phi) is 5.24. The van der Waals surface area contributed by atoms with Crippen LogP contribution in [-0.2, 0) is 9.84 Å². The van der Waals surface area contributed by atoms with Crippen LogP contribution in [0.5, 0.6) is 0 Å². The van der Waals surface area contributed by atoms with Crippen molar-refractivity contribution in [1.82, 2.24) is 10.2 Å². The Morgan fingerprint density at radius 1 is 1.47 bits per heavy atom. The summed E-state index contributed by atoms with van der Waals surface area (Å²) in [5.41, 5.74) is 0. The third-order valence-corrected chi connectivity index (χ3v) is 4.90. The van der Waals surface area contributed by atoms with Gasteiger partial charge in [-0.3, -0.25) is 0 Å². The van der Waals surface area contributed by atoms with E-state index >= 15 is 0 Å². The van der Waals surface area contributed by atoms with Gasteiger partial charge in [0, 0.05) is 20.1 Å². The highest BCUT2D eigenvalue weighted by Crippen LogP contribution is 2.17. The SMILES string of the molecule is CCCCN(C)C(=O)NCC1CCS(=O)(=O)C1. The highest BCUT2D eigenvalue weighted by Gasteiger charge is 2.28. The Morgan fingerprint density at radius 3 is 2.71 bits per heavy atom. The first-order valence-electron chi connectivity index (χ1n) is 6.14. The molecule has 1 saturated heterocycles. The Labute approximate surface area is 103 Å². The number of carbonyl (C=O) groups excluding carboxylic acids is 1. The van der Waals surface area contributed by atoms with Crippen molar-refractivity contribution in [2.24, 2.45) is 5.92 Å². The van der Waals surface area contributed by atoms with Crippen LogP contribution in [0.25, 0.3) is 0 Å². The predicted octanol–water partition coefficient (Wildman–Crippen LogP) is 0.863. The fourth-order valence-electron chi connectivity index (χ4n) is 1.90. The molecule has 1 atom stereocenters. The van der Waals surface area contributed by atoms with E-state index in [-0.39, 0.29) is 23.5 Å². The predicted molar refractivity (Wildman–Crippen MR) is 67.7 cm³/mol. The van der Waals surface area contributed by atoms with E-state index < -0.39 is 9.84 Å². The number of hydrogen-bond donors (Lipinski definition) is 1. The summed E-state index contributed by atoms with van der Waals surface area (Å²) in [4.78, 5) is 13.3. The van der Waals surface area contributed by atoms with Crippen LogP contribution >= 0.6 is 0 Å². The van der Waals surface area contributed by atoms with E-state index in [2.05, 4.69) is 12.2 Å². The molecule has 1 heterocycles. The van der Waals surface area contributed by atoms with E-state index in [1.54, 1.807) is 11.9 Å². The number of hydrogen-bond acceptors (Lipinski definition) is 3. The molecular weight excluding hydrogens is 240 g/mol. The van der Waals surface area contributed by atoms with E-state index in [4.69, 9.17) is 0 Å². The molecule has 2 amide bonds. The standard InChI is InChI=1S/C11H22N2O3S/c1-3-4-6-13(2)11(14)12-8-10-5-7-17(15,16)9-10/h10H,3-9H2,1-2H3,(H,12,14). The summed E-state index contributed by atoms with van der Waals surface area (Å²) in [6, 6.07) is -0.109. The van der Waals surface area contributed by atoms with Crippen LogP contribution in [-0.4, -0.2) is 51.0 Å². The van der Waals surface area contributed by atoms with Gasteiger partial charge in [0.05, 0.1) is 11.5 Å². The second-order valence-corrected chi connectivity index (χ2v) is 6.96. The van der Waals surface area contributed by atoms with Crippen LogP contribution < -0.4 is 5.32 Å². The molecule has 6 heteroatoms. The van der Waals surface area contributed by atoms with Gasteiger partial charge < -0.3 is 10.2 Å². The lowest BCUT2D eigenvalue weighted by Crippen LogP contribution is -2.40. The second-order valence-electron chi connectivity index (χ2n) is 4.73. The number of rotatable bonds is 5. The zero-order valence-corrected chi connectivity index (χ0v) is 11.4. The lowest BCUT2D eigenvalue weighted by Gasteiger charge is -2.18. The maximum absolute atomic E-state index is 11.6. The van der Waals surface area contributed by atoms with Crippen molar-refractivity contribution < 1.29 is 13.2 Å². The Balaban J connectivity index is 2.24. The molecule has 1 fully saturated rings. The first-order valence-corrected chi connectivity index (χ1v) is 7.96. The van der Waals surface area contributed by atoms with Crippen molar-refractivity contribution in [1.29, 1.82) is 0 Å². The Morgan fingerprint density at radius 2 is 2.18 bits per heavy atom. The Bertz CT molecular complexity index is 354. The molecule has 1 rings (SSSR count). The summed E-state index contributed by atoms with van der Waals surface area (Å²) in [6.45, 7) is 3.29. The van der Waals surface area contributed by atoms with Crippen molar-refractivity contribution in [2.45, 2.75) is 26.2 Å². The summed E-state index contributed by atoms with van der Waals surface area (Å²) in [5, 5.41) is 2.79. The largest absolute Gasteiger partial charge is 0.338 e. The molecule has 1 aliphatic rings. The van der Waals surface area contributed by atoms with Crippen LogP contribution in [0, 0.1) is 5.92 Å². The molecule has 0 aromatic carbocycles. The number of nitrogens with zero attached hydrogens (tertiary/aromatic N) is 1. The molecule has 0 spiro atoms. The molecule has 17 heavy (non-hydrogen) atoms. The van der Waals surface area contributed by atoms with Crippen molar-refractivity contribution in [3.8, 4) is 0 Å². The monoisotopic (exact) mass is 262 g/mol. The number of unbranched alkanes of at least 4 members (excludes halogenated alkanes) is 1. The molecular formula is C11H22N2O3S. The summed E-state index contributed by atoms with van der Waals surface area (Å²) in [5.74, 6) is 0.564. The molecule has 0 aliphatic carbocycles. The molecule has 100 valence electrons. The van der Waals surface area contributed by atoms with E-state index in [0.717, 1.165) is 19.4 Å². The fourth-order valence-corrected chi connectivity index (χ4v) is 3.76. The third kappa shape index (κ3) is 4.93. The average Bonchev–Trinajstić information content (AvgIpc) is 2.62. The van der Waals surface area contributed by atoms with Crippen molar-refractivity contribution in [3.05, 3.63) is 0 Å². The van der Waals surface area contributed by atoms with Crippen LogP contribution in [0.1, 0.15) is 26.2 Å². The van der Waals surface area contributed by atoms with Crippen molar-refractivity contribution >= 4 is 15.9 Å². The van der Waals surface area contributed by atoms with Gasteiger partial charge in [-0.15, -0.1) is 0 Å². The highest BCUT2D eigenvalue weighted by molar-refractivity contribution is 7.91. The molecule has 0 radical (unpaired) electrons. The lowest BCUT2D eigenvalue weighted by atomic mass is 10.1. The minimum Gasteiger partial charge on any atom is -0.338 e. The van der Waals surface area contributed by atoms with Crippen LogP contribution in [0.4, 0.5) is 4.79 Å². The quantitative estimate of drug-likeness (QED) is 0.799. The number of carbonyl (C=O) groups is 1. The first-order chi connectivity index (χ1) is 7.94. The smallest absolute Gasteiger partial charge is 0.317 e. The van der Waals surface area contributed by atoms with E-state index in [1.165, 1.54) is 0 Å². The third-order valence-electron chi connectivity index (χ3n) is 3.06. The van der Waals surface area contributed by atoms with Gasteiger partial charge in [0.15, 0.2) is 9.84 Å². The number of sulfone groups is 1. The van der Waals surface area contributed by atoms with Gasteiger partial charge in [-0.2, -0.15) is 0 Å². The molecule has 1 N–H and O–H groups in total. The minimum absolute atomic E-state index is 0.0866. The van der Waals surface area contributed by atoms with Crippen LogP contribution in [0.2, 0.25) is 0 Å². The normalized spacial score (nSPS) is 22.4. The molecule has 1 aliphatic heterocycles. The van der Waals surface area contributed by atoms with Crippen LogP contribution in [0.3, 0.4) is 0 Å². The molecule has 0 bridgehead atoms. The topological polar surface area (TPSA) is 66.5 Å². The highest BCUT2D eigenvalue weighted by atomic mass is 32.2. The zero-order chi connectivity index (χ0) is 12.9. The molecule has 0 aromatic rings. The van der Waals surface area contributed by atoms with Gasteiger partial charge in [-0.05, 0) is 18.8 Å². The van der Waals surface area contributed by atoms with E-state index in [9.17, 15) is 13.2 Å². The molecule has 0 aromatic heterocycles. The van der Waals surface area contributed by atoms with Gasteiger partial charge in [0.1, 0.15) is 0 Å². The van der Waals surface area contributed by atoms with Gasteiger partial charge in [0.2, 0.25) is 0 Å². The zero-order valence-electron chi connectivity index (χ0n) is 10.6. The summed E-state index contributed by atoms with van der Waals surface area (Å²) in [7, 11) is -1.08. The molecule has 0 saturated carbocycles. The maximum Gasteiger partial charge on any atom is 0.317 e. The fraction of sp³-hybridized carbons (Fsp3) is 0.909. The lowest BCUT2D eigenvalue weighted by molar-refractivity contribution is 0.206. The number of amides is 2. The number of urea groups is 1.